The lowest BCUT2D eigenvalue weighted by atomic mass is 9.98. The van der Waals surface area contributed by atoms with Crippen LogP contribution in [0.5, 0.6) is 0 Å². The van der Waals surface area contributed by atoms with E-state index in [4.69, 9.17) is 0 Å². The number of aromatic nitrogens is 1. The van der Waals surface area contributed by atoms with Crippen molar-refractivity contribution in [3.05, 3.63) is 29.6 Å². The summed E-state index contributed by atoms with van der Waals surface area (Å²) < 4.78 is 0. The summed E-state index contributed by atoms with van der Waals surface area (Å²) in [6.07, 6.45) is 4.30. The highest BCUT2D eigenvalue weighted by molar-refractivity contribution is 5.17. The van der Waals surface area contributed by atoms with E-state index >= 15 is 0 Å². The number of aryl methyl sites for hydroxylation is 1. The Morgan fingerprint density at radius 1 is 1.50 bits per heavy atom. The summed E-state index contributed by atoms with van der Waals surface area (Å²) in [7, 11) is 0. The van der Waals surface area contributed by atoms with Gasteiger partial charge in [0.05, 0.1) is 5.69 Å². The van der Waals surface area contributed by atoms with E-state index in [1.54, 1.807) is 0 Å². The highest BCUT2D eigenvalue weighted by Gasteiger charge is 2.27. The first-order chi connectivity index (χ1) is 8.63. The summed E-state index contributed by atoms with van der Waals surface area (Å²) in [6.45, 7) is 11.1. The van der Waals surface area contributed by atoms with Crippen molar-refractivity contribution in [2.75, 3.05) is 19.6 Å². The molecule has 1 aliphatic heterocycles. The molecular formula is C15H25N3. The van der Waals surface area contributed by atoms with Crippen LogP contribution in [-0.4, -0.2) is 35.1 Å². The quantitative estimate of drug-likeness (QED) is 0.888. The fourth-order valence-electron chi connectivity index (χ4n) is 2.59. The molecular weight excluding hydrogens is 222 g/mol. The Morgan fingerprint density at radius 3 is 3.06 bits per heavy atom. The van der Waals surface area contributed by atoms with Gasteiger partial charge >= 0.3 is 0 Å². The van der Waals surface area contributed by atoms with E-state index in [2.05, 4.69) is 42.0 Å². The summed E-state index contributed by atoms with van der Waals surface area (Å²) >= 11 is 0. The van der Waals surface area contributed by atoms with Crippen molar-refractivity contribution < 1.29 is 0 Å². The van der Waals surface area contributed by atoms with Gasteiger partial charge < -0.3 is 5.32 Å². The van der Waals surface area contributed by atoms with Crippen LogP contribution in [0.15, 0.2) is 18.3 Å². The third-order valence-corrected chi connectivity index (χ3v) is 4.05. The molecule has 18 heavy (non-hydrogen) atoms. The Balaban J connectivity index is 2.06. The topological polar surface area (TPSA) is 28.2 Å². The predicted molar refractivity (Wildman–Crippen MR) is 75.6 cm³/mol. The van der Waals surface area contributed by atoms with E-state index in [-0.39, 0.29) is 5.54 Å². The molecule has 1 unspecified atom stereocenters. The molecule has 0 aromatic carbocycles. The Morgan fingerprint density at radius 2 is 2.33 bits per heavy atom. The first kappa shape index (κ1) is 13.5. The lowest BCUT2D eigenvalue weighted by molar-refractivity contribution is 0.206. The van der Waals surface area contributed by atoms with Crippen molar-refractivity contribution in [1.29, 1.82) is 0 Å². The summed E-state index contributed by atoms with van der Waals surface area (Å²) in [5, 5.41) is 3.68. The van der Waals surface area contributed by atoms with Gasteiger partial charge in [0, 0.05) is 24.8 Å². The van der Waals surface area contributed by atoms with Crippen LogP contribution in [0, 0.1) is 6.92 Å². The number of hydrogen-bond donors (Lipinski definition) is 1. The van der Waals surface area contributed by atoms with Crippen LogP contribution in [0.25, 0.3) is 0 Å². The van der Waals surface area contributed by atoms with Gasteiger partial charge in [-0.1, -0.05) is 13.0 Å². The maximum absolute atomic E-state index is 4.51. The number of hydrogen-bond acceptors (Lipinski definition) is 3. The first-order valence-corrected chi connectivity index (χ1v) is 7.01. The zero-order chi connectivity index (χ0) is 13.0. The van der Waals surface area contributed by atoms with Crippen molar-refractivity contribution in [2.45, 2.75) is 45.7 Å². The minimum atomic E-state index is 0.249. The third-order valence-electron chi connectivity index (χ3n) is 4.05. The SMILES string of the molecule is CCC1(C)CN(Cc2ncccc2C)CCCN1. The summed E-state index contributed by atoms with van der Waals surface area (Å²) in [5.41, 5.74) is 2.77. The zero-order valence-corrected chi connectivity index (χ0v) is 11.9. The lowest BCUT2D eigenvalue weighted by Crippen LogP contribution is -2.48. The minimum Gasteiger partial charge on any atom is -0.310 e. The molecule has 0 bridgehead atoms. The van der Waals surface area contributed by atoms with Gasteiger partial charge in [-0.05, 0) is 51.4 Å². The Labute approximate surface area is 111 Å². The first-order valence-electron chi connectivity index (χ1n) is 7.01. The van der Waals surface area contributed by atoms with Gasteiger partial charge in [0.15, 0.2) is 0 Å². The van der Waals surface area contributed by atoms with Gasteiger partial charge in [-0.3, -0.25) is 9.88 Å². The molecule has 1 aliphatic rings. The van der Waals surface area contributed by atoms with Crippen LogP contribution in [-0.2, 0) is 6.54 Å². The molecule has 1 atom stereocenters. The maximum Gasteiger partial charge on any atom is 0.0573 e. The Bertz CT molecular complexity index is 391. The molecule has 1 aromatic heterocycles. The number of rotatable bonds is 3. The second-order valence-corrected chi connectivity index (χ2v) is 5.67. The van der Waals surface area contributed by atoms with Crippen LogP contribution >= 0.6 is 0 Å². The minimum absolute atomic E-state index is 0.249. The van der Waals surface area contributed by atoms with Crippen LogP contribution < -0.4 is 5.32 Å². The van der Waals surface area contributed by atoms with Gasteiger partial charge in [-0.2, -0.15) is 0 Å². The normalized spacial score (nSPS) is 25.9. The largest absolute Gasteiger partial charge is 0.310 e. The smallest absolute Gasteiger partial charge is 0.0573 e. The monoisotopic (exact) mass is 247 g/mol. The second-order valence-electron chi connectivity index (χ2n) is 5.67. The summed E-state index contributed by atoms with van der Waals surface area (Å²) in [6, 6.07) is 4.16. The molecule has 0 spiro atoms. The molecule has 0 radical (unpaired) electrons. The lowest BCUT2D eigenvalue weighted by Gasteiger charge is -2.32. The number of nitrogens with zero attached hydrogens (tertiary/aromatic N) is 2. The second kappa shape index (κ2) is 5.81. The van der Waals surface area contributed by atoms with Crippen LogP contribution in [0.2, 0.25) is 0 Å². The number of pyridine rings is 1. The molecule has 3 nitrogen and oxygen atoms in total. The van der Waals surface area contributed by atoms with Crippen molar-refractivity contribution in [1.82, 2.24) is 15.2 Å². The Kier molecular flexibility index (Phi) is 4.36. The molecule has 2 heterocycles. The molecule has 2 rings (SSSR count). The highest BCUT2D eigenvalue weighted by atomic mass is 15.2. The van der Waals surface area contributed by atoms with Gasteiger partial charge in [-0.15, -0.1) is 0 Å². The number of nitrogens with one attached hydrogen (secondary N) is 1. The molecule has 100 valence electrons. The highest BCUT2D eigenvalue weighted by Crippen LogP contribution is 2.17. The average Bonchev–Trinajstić information content (AvgIpc) is 2.55. The van der Waals surface area contributed by atoms with Gasteiger partial charge in [0.25, 0.3) is 0 Å². The summed E-state index contributed by atoms with van der Waals surface area (Å²) in [5.74, 6) is 0. The van der Waals surface area contributed by atoms with Gasteiger partial charge in [0.1, 0.15) is 0 Å². The van der Waals surface area contributed by atoms with E-state index in [0.717, 1.165) is 19.6 Å². The zero-order valence-electron chi connectivity index (χ0n) is 11.9. The fraction of sp³-hybridized carbons (Fsp3) is 0.667. The van der Waals surface area contributed by atoms with Crippen molar-refractivity contribution in [2.24, 2.45) is 0 Å². The van der Waals surface area contributed by atoms with E-state index in [1.165, 1.54) is 30.6 Å². The summed E-state index contributed by atoms with van der Waals surface area (Å²) in [4.78, 5) is 7.06. The van der Waals surface area contributed by atoms with Crippen LogP contribution in [0.4, 0.5) is 0 Å². The van der Waals surface area contributed by atoms with E-state index in [0.29, 0.717) is 0 Å². The van der Waals surface area contributed by atoms with Crippen molar-refractivity contribution in [3.63, 3.8) is 0 Å². The molecule has 1 saturated heterocycles. The molecule has 1 aromatic rings. The molecule has 0 saturated carbocycles. The van der Waals surface area contributed by atoms with E-state index in [1.807, 2.05) is 12.3 Å². The molecule has 0 amide bonds. The standard InChI is InChI=1S/C15H25N3/c1-4-15(3)12-18(10-6-9-17-15)11-14-13(2)7-5-8-16-14/h5,7-8,17H,4,6,9-12H2,1-3H3. The fourth-order valence-corrected chi connectivity index (χ4v) is 2.59. The third kappa shape index (κ3) is 3.30. The van der Waals surface area contributed by atoms with Crippen LogP contribution in [0.1, 0.15) is 37.9 Å². The van der Waals surface area contributed by atoms with Gasteiger partial charge in [0.2, 0.25) is 0 Å². The van der Waals surface area contributed by atoms with E-state index in [9.17, 15) is 0 Å². The van der Waals surface area contributed by atoms with Crippen LogP contribution in [0.3, 0.4) is 0 Å². The maximum atomic E-state index is 4.51. The molecule has 3 heteroatoms. The average molecular weight is 247 g/mol. The van der Waals surface area contributed by atoms with Crippen molar-refractivity contribution >= 4 is 0 Å². The molecule has 0 aliphatic carbocycles. The van der Waals surface area contributed by atoms with Crippen molar-refractivity contribution in [3.8, 4) is 0 Å². The van der Waals surface area contributed by atoms with Gasteiger partial charge in [-0.25, -0.2) is 0 Å². The molecule has 1 fully saturated rings. The predicted octanol–water partition coefficient (Wildman–Crippen LogP) is 2.35. The van der Waals surface area contributed by atoms with E-state index < -0.39 is 0 Å². The Hall–Kier alpha value is -0.930. The molecule has 1 N–H and O–H groups in total.